The summed E-state index contributed by atoms with van der Waals surface area (Å²) in [5.41, 5.74) is 5.38. The first-order valence-electron chi connectivity index (χ1n) is 12.5. The Morgan fingerprint density at radius 2 is 1.53 bits per heavy atom. The first-order chi connectivity index (χ1) is 16.8. The van der Waals surface area contributed by atoms with Gasteiger partial charge < -0.3 is 14.2 Å². The number of hydrogen-bond donors (Lipinski definition) is 0. The van der Waals surface area contributed by atoms with E-state index in [0.29, 0.717) is 5.92 Å². The molecule has 178 valence electrons. The Morgan fingerprint density at radius 3 is 2.24 bits per heavy atom. The molecule has 0 saturated carbocycles. The molecule has 0 bridgehead atoms. The molecular weight excluding hydrogens is 422 g/mol. The van der Waals surface area contributed by atoms with Crippen molar-refractivity contribution in [2.75, 3.05) is 40.5 Å². The van der Waals surface area contributed by atoms with E-state index in [4.69, 9.17) is 14.2 Å². The first-order valence-corrected chi connectivity index (χ1v) is 12.5. The largest absolute Gasteiger partial charge is 0.493 e. The van der Waals surface area contributed by atoms with Gasteiger partial charge in [-0.05, 0) is 91.2 Å². The van der Waals surface area contributed by atoms with E-state index in [-0.39, 0.29) is 5.92 Å². The van der Waals surface area contributed by atoms with Gasteiger partial charge in [-0.1, -0.05) is 42.5 Å². The summed E-state index contributed by atoms with van der Waals surface area (Å²) in [4.78, 5) is 2.49. The molecule has 3 aromatic rings. The van der Waals surface area contributed by atoms with Crippen LogP contribution >= 0.6 is 0 Å². The standard InChI is InChI=1S/C30H35NO3/c1-32-28-20-24-12-15-26(22-8-4-3-5-9-22)30(27(24)21-29(28)33-2)23-10-13-25(14-11-23)34-19-18-31-16-6-7-17-31/h3-5,8-11,13-14,20-21,26,30H,6-7,12,15-19H2,1-2H3/t26-,30+/m1/s1. The molecule has 0 aromatic heterocycles. The fraction of sp³-hybridized carbons (Fsp3) is 0.400. The second-order valence-corrected chi connectivity index (χ2v) is 9.41. The van der Waals surface area contributed by atoms with Crippen molar-refractivity contribution in [2.45, 2.75) is 37.5 Å². The fourth-order valence-electron chi connectivity index (χ4n) is 5.68. The summed E-state index contributed by atoms with van der Waals surface area (Å²) in [6.45, 7) is 4.17. The summed E-state index contributed by atoms with van der Waals surface area (Å²) in [6.07, 6.45) is 4.77. The zero-order valence-corrected chi connectivity index (χ0v) is 20.3. The van der Waals surface area contributed by atoms with Gasteiger partial charge in [0.15, 0.2) is 11.5 Å². The molecule has 1 aliphatic carbocycles. The smallest absolute Gasteiger partial charge is 0.161 e. The lowest BCUT2D eigenvalue weighted by Crippen LogP contribution is -2.25. The van der Waals surface area contributed by atoms with E-state index in [2.05, 4.69) is 71.6 Å². The molecule has 0 N–H and O–H groups in total. The Hall–Kier alpha value is -2.98. The summed E-state index contributed by atoms with van der Waals surface area (Å²) in [6, 6.07) is 24.0. The number of rotatable bonds is 8. The second-order valence-electron chi connectivity index (χ2n) is 9.41. The SMILES string of the molecule is COc1cc2c(cc1OC)[C@@H](c1ccc(OCCN3CCCC3)cc1)[C@@H](c1ccccc1)CC2. The van der Waals surface area contributed by atoms with Crippen LogP contribution in [-0.4, -0.2) is 45.4 Å². The Kier molecular flexibility index (Phi) is 7.05. The van der Waals surface area contributed by atoms with Crippen molar-refractivity contribution in [3.8, 4) is 17.2 Å². The zero-order valence-electron chi connectivity index (χ0n) is 20.3. The van der Waals surface area contributed by atoms with E-state index >= 15 is 0 Å². The third kappa shape index (κ3) is 4.78. The Morgan fingerprint density at radius 1 is 0.824 bits per heavy atom. The van der Waals surface area contributed by atoms with Crippen LogP contribution in [0.3, 0.4) is 0 Å². The van der Waals surface area contributed by atoms with E-state index in [0.717, 1.165) is 43.2 Å². The summed E-state index contributed by atoms with van der Waals surface area (Å²) >= 11 is 0. The number of hydrogen-bond acceptors (Lipinski definition) is 4. The highest BCUT2D eigenvalue weighted by atomic mass is 16.5. The Bertz CT molecular complexity index is 1070. The van der Waals surface area contributed by atoms with E-state index in [1.165, 1.54) is 48.2 Å². The average Bonchev–Trinajstić information content (AvgIpc) is 3.42. The van der Waals surface area contributed by atoms with Crippen molar-refractivity contribution < 1.29 is 14.2 Å². The van der Waals surface area contributed by atoms with Crippen LogP contribution in [0.15, 0.2) is 66.7 Å². The molecule has 2 aliphatic rings. The number of likely N-dealkylation sites (tertiary alicyclic amines) is 1. The van der Waals surface area contributed by atoms with Crippen molar-refractivity contribution in [2.24, 2.45) is 0 Å². The highest BCUT2D eigenvalue weighted by Crippen LogP contribution is 2.49. The molecule has 5 rings (SSSR count). The predicted octanol–water partition coefficient (Wildman–Crippen LogP) is 6.04. The molecule has 1 fully saturated rings. The molecule has 4 heteroatoms. The molecule has 1 saturated heterocycles. The number of aryl methyl sites for hydroxylation is 1. The van der Waals surface area contributed by atoms with Crippen LogP contribution < -0.4 is 14.2 Å². The fourth-order valence-corrected chi connectivity index (χ4v) is 5.68. The highest BCUT2D eigenvalue weighted by Gasteiger charge is 2.33. The van der Waals surface area contributed by atoms with E-state index < -0.39 is 0 Å². The molecule has 0 unspecified atom stereocenters. The van der Waals surface area contributed by atoms with E-state index in [9.17, 15) is 0 Å². The van der Waals surface area contributed by atoms with Gasteiger partial charge in [0.2, 0.25) is 0 Å². The van der Waals surface area contributed by atoms with Gasteiger partial charge in [-0.2, -0.15) is 0 Å². The van der Waals surface area contributed by atoms with Crippen molar-refractivity contribution in [1.82, 2.24) is 4.90 Å². The lowest BCUT2D eigenvalue weighted by molar-refractivity contribution is 0.237. The third-order valence-corrected chi connectivity index (χ3v) is 7.45. The van der Waals surface area contributed by atoms with Crippen LogP contribution in [0.5, 0.6) is 17.2 Å². The molecule has 2 atom stereocenters. The topological polar surface area (TPSA) is 30.9 Å². The second kappa shape index (κ2) is 10.5. The lowest BCUT2D eigenvalue weighted by atomic mass is 9.69. The minimum atomic E-state index is 0.254. The average molecular weight is 458 g/mol. The molecule has 4 nitrogen and oxygen atoms in total. The quantitative estimate of drug-likeness (QED) is 0.413. The number of nitrogens with zero attached hydrogens (tertiary/aromatic N) is 1. The minimum absolute atomic E-state index is 0.254. The van der Waals surface area contributed by atoms with Crippen LogP contribution in [-0.2, 0) is 6.42 Å². The van der Waals surface area contributed by atoms with Crippen LogP contribution in [0.2, 0.25) is 0 Å². The number of methoxy groups -OCH3 is 2. The van der Waals surface area contributed by atoms with Gasteiger partial charge in [0, 0.05) is 12.5 Å². The molecule has 1 heterocycles. The van der Waals surface area contributed by atoms with Crippen LogP contribution in [0.1, 0.15) is 53.4 Å². The maximum Gasteiger partial charge on any atom is 0.161 e. The molecule has 0 radical (unpaired) electrons. The van der Waals surface area contributed by atoms with Crippen molar-refractivity contribution in [3.05, 3.63) is 89.0 Å². The number of ether oxygens (including phenoxy) is 3. The van der Waals surface area contributed by atoms with Crippen molar-refractivity contribution in [1.29, 1.82) is 0 Å². The summed E-state index contributed by atoms with van der Waals surface area (Å²) in [5.74, 6) is 3.21. The molecule has 0 spiro atoms. The van der Waals surface area contributed by atoms with E-state index in [1.54, 1.807) is 14.2 Å². The molecule has 1 aliphatic heterocycles. The van der Waals surface area contributed by atoms with E-state index in [1.807, 2.05) is 0 Å². The normalized spacial score (nSPS) is 20.1. The molecule has 34 heavy (non-hydrogen) atoms. The van der Waals surface area contributed by atoms with Crippen molar-refractivity contribution >= 4 is 0 Å². The van der Waals surface area contributed by atoms with Crippen LogP contribution in [0.25, 0.3) is 0 Å². The molecule has 3 aromatic carbocycles. The van der Waals surface area contributed by atoms with Gasteiger partial charge >= 0.3 is 0 Å². The van der Waals surface area contributed by atoms with Gasteiger partial charge in [0.05, 0.1) is 14.2 Å². The van der Waals surface area contributed by atoms with Gasteiger partial charge in [0.1, 0.15) is 12.4 Å². The Balaban J connectivity index is 1.43. The van der Waals surface area contributed by atoms with Gasteiger partial charge in [-0.25, -0.2) is 0 Å². The number of fused-ring (bicyclic) bond motifs is 1. The summed E-state index contributed by atoms with van der Waals surface area (Å²) in [7, 11) is 3.42. The van der Waals surface area contributed by atoms with Crippen LogP contribution in [0, 0.1) is 0 Å². The molecular formula is C30H35NO3. The minimum Gasteiger partial charge on any atom is -0.493 e. The summed E-state index contributed by atoms with van der Waals surface area (Å²) in [5, 5.41) is 0. The Labute approximate surface area is 203 Å². The van der Waals surface area contributed by atoms with Gasteiger partial charge in [0.25, 0.3) is 0 Å². The third-order valence-electron chi connectivity index (χ3n) is 7.45. The van der Waals surface area contributed by atoms with Crippen molar-refractivity contribution in [3.63, 3.8) is 0 Å². The van der Waals surface area contributed by atoms with Gasteiger partial charge in [-0.3, -0.25) is 4.90 Å². The number of benzene rings is 3. The first kappa shape index (κ1) is 22.8. The summed E-state index contributed by atoms with van der Waals surface area (Å²) < 4.78 is 17.4. The van der Waals surface area contributed by atoms with Gasteiger partial charge in [-0.15, -0.1) is 0 Å². The lowest BCUT2D eigenvalue weighted by Gasteiger charge is -2.35. The van der Waals surface area contributed by atoms with Crippen LogP contribution in [0.4, 0.5) is 0 Å². The maximum atomic E-state index is 6.08. The monoisotopic (exact) mass is 457 g/mol. The predicted molar refractivity (Wildman–Crippen MR) is 137 cm³/mol. The molecule has 0 amide bonds. The zero-order chi connectivity index (χ0) is 23.3. The highest BCUT2D eigenvalue weighted by molar-refractivity contribution is 5.54. The maximum absolute atomic E-state index is 6.08.